The molecule has 0 spiro atoms. The van der Waals surface area contributed by atoms with Gasteiger partial charge in [0.05, 0.1) is 5.39 Å². The van der Waals surface area contributed by atoms with Crippen LogP contribution < -0.4 is 4.90 Å². The predicted octanol–water partition coefficient (Wildman–Crippen LogP) is 3.50. The van der Waals surface area contributed by atoms with Gasteiger partial charge in [0, 0.05) is 18.5 Å². The highest BCUT2D eigenvalue weighted by atomic mass is 35.5. The molecule has 0 aliphatic rings. The first-order valence-electron chi connectivity index (χ1n) is 5.26. The van der Waals surface area contributed by atoms with E-state index in [-0.39, 0.29) is 0 Å². The molecule has 0 N–H and O–H groups in total. The summed E-state index contributed by atoms with van der Waals surface area (Å²) < 4.78 is 0. The lowest BCUT2D eigenvalue weighted by molar-refractivity contribution is 0.840. The van der Waals surface area contributed by atoms with Crippen molar-refractivity contribution in [1.29, 1.82) is 0 Å². The van der Waals surface area contributed by atoms with Crippen LogP contribution in [0.25, 0.3) is 10.2 Å². The van der Waals surface area contributed by atoms with Gasteiger partial charge in [0.15, 0.2) is 0 Å². The zero-order valence-corrected chi connectivity index (χ0v) is 11.2. The number of nitrogens with zero attached hydrogens (tertiary/aromatic N) is 3. The maximum absolute atomic E-state index is 5.94. The van der Waals surface area contributed by atoms with Crippen molar-refractivity contribution >= 4 is 39.0 Å². The quantitative estimate of drug-likeness (QED) is 0.786. The van der Waals surface area contributed by atoms with E-state index in [1.807, 2.05) is 7.05 Å². The summed E-state index contributed by atoms with van der Waals surface area (Å²) in [6.45, 7) is 5.19. The van der Waals surface area contributed by atoms with Gasteiger partial charge >= 0.3 is 0 Å². The third-order valence-electron chi connectivity index (χ3n) is 2.39. The average molecular weight is 256 g/mol. The van der Waals surface area contributed by atoms with Crippen LogP contribution in [0.15, 0.2) is 6.07 Å². The molecule has 0 aromatic carbocycles. The van der Waals surface area contributed by atoms with Crippen LogP contribution in [0.1, 0.15) is 18.2 Å². The Kier molecular flexibility index (Phi) is 3.30. The molecule has 0 atom stereocenters. The molecule has 16 heavy (non-hydrogen) atoms. The van der Waals surface area contributed by atoms with Crippen LogP contribution in [-0.2, 0) is 0 Å². The van der Waals surface area contributed by atoms with Gasteiger partial charge in [-0.15, -0.1) is 11.3 Å². The maximum Gasteiger partial charge on any atom is 0.225 e. The molecule has 0 saturated heterocycles. The van der Waals surface area contributed by atoms with Gasteiger partial charge in [0.25, 0.3) is 0 Å². The lowest BCUT2D eigenvalue weighted by atomic mass is 10.3. The van der Waals surface area contributed by atoms with Gasteiger partial charge in [-0.3, -0.25) is 0 Å². The Morgan fingerprint density at radius 2 is 2.19 bits per heavy atom. The maximum atomic E-state index is 5.94. The van der Waals surface area contributed by atoms with Gasteiger partial charge in [-0.2, -0.15) is 4.98 Å². The number of halogens is 1. The van der Waals surface area contributed by atoms with Crippen molar-refractivity contribution in [1.82, 2.24) is 9.97 Å². The minimum atomic E-state index is 0.326. The second-order valence-electron chi connectivity index (χ2n) is 3.81. The first kappa shape index (κ1) is 11.6. The van der Waals surface area contributed by atoms with Gasteiger partial charge in [0.2, 0.25) is 5.28 Å². The van der Waals surface area contributed by atoms with Gasteiger partial charge in [-0.05, 0) is 31.0 Å². The fourth-order valence-electron chi connectivity index (χ4n) is 1.73. The molecule has 5 heteroatoms. The predicted molar refractivity (Wildman–Crippen MR) is 70.7 cm³/mol. The number of fused-ring (bicyclic) bond motifs is 1. The molecule has 0 bridgehead atoms. The molecule has 0 aliphatic carbocycles. The summed E-state index contributed by atoms with van der Waals surface area (Å²) in [5.74, 6) is 0.932. The van der Waals surface area contributed by atoms with E-state index in [0.717, 1.165) is 29.0 Å². The lowest BCUT2D eigenvalue weighted by Crippen LogP contribution is -2.19. The summed E-state index contributed by atoms with van der Waals surface area (Å²) in [5, 5.41) is 1.43. The van der Waals surface area contributed by atoms with Crippen molar-refractivity contribution < 1.29 is 0 Å². The van der Waals surface area contributed by atoms with Crippen LogP contribution >= 0.6 is 22.9 Å². The number of rotatable bonds is 3. The van der Waals surface area contributed by atoms with Crippen molar-refractivity contribution in [2.24, 2.45) is 0 Å². The molecular formula is C11H14ClN3S. The van der Waals surface area contributed by atoms with Crippen LogP contribution in [0.4, 0.5) is 5.82 Å². The van der Waals surface area contributed by atoms with Crippen molar-refractivity contribution in [3.05, 3.63) is 16.2 Å². The van der Waals surface area contributed by atoms with E-state index in [1.165, 1.54) is 4.88 Å². The van der Waals surface area contributed by atoms with Gasteiger partial charge < -0.3 is 4.90 Å². The van der Waals surface area contributed by atoms with Gasteiger partial charge in [0.1, 0.15) is 10.6 Å². The Morgan fingerprint density at radius 1 is 1.44 bits per heavy atom. The van der Waals surface area contributed by atoms with Crippen LogP contribution in [0.2, 0.25) is 5.28 Å². The third kappa shape index (κ3) is 2.13. The Bertz CT molecular complexity index is 509. The minimum absolute atomic E-state index is 0.326. The summed E-state index contributed by atoms with van der Waals surface area (Å²) in [6.07, 6.45) is 1.09. The van der Waals surface area contributed by atoms with E-state index in [9.17, 15) is 0 Å². The van der Waals surface area contributed by atoms with Crippen molar-refractivity contribution in [3.8, 4) is 0 Å². The standard InChI is InChI=1S/C11H14ClN3S/c1-4-5-15(3)9-8-6-7(2)16-10(8)14-11(12)13-9/h6H,4-5H2,1-3H3. The topological polar surface area (TPSA) is 29.0 Å². The first-order chi connectivity index (χ1) is 7.61. The number of aromatic nitrogens is 2. The molecule has 0 unspecified atom stereocenters. The lowest BCUT2D eigenvalue weighted by Gasteiger charge is -2.17. The molecule has 0 fully saturated rings. The highest BCUT2D eigenvalue weighted by Crippen LogP contribution is 2.31. The zero-order chi connectivity index (χ0) is 11.7. The first-order valence-corrected chi connectivity index (χ1v) is 6.46. The average Bonchev–Trinajstić information content (AvgIpc) is 2.57. The SMILES string of the molecule is CCCN(C)c1nc(Cl)nc2sc(C)cc12. The normalized spacial score (nSPS) is 11.0. The molecule has 0 saturated carbocycles. The highest BCUT2D eigenvalue weighted by Gasteiger charge is 2.12. The van der Waals surface area contributed by atoms with Gasteiger partial charge in [-0.25, -0.2) is 4.98 Å². The number of anilines is 1. The Morgan fingerprint density at radius 3 is 2.88 bits per heavy atom. The Hall–Kier alpha value is -0.870. The second-order valence-corrected chi connectivity index (χ2v) is 5.39. The number of hydrogen-bond donors (Lipinski definition) is 0. The third-order valence-corrected chi connectivity index (χ3v) is 3.50. The number of aryl methyl sites for hydroxylation is 1. The molecule has 2 aromatic heterocycles. The Balaban J connectivity index is 2.57. The molecule has 86 valence electrons. The van der Waals surface area contributed by atoms with E-state index >= 15 is 0 Å². The Labute approximate surface area is 104 Å². The summed E-state index contributed by atoms with van der Waals surface area (Å²) in [6, 6.07) is 2.12. The fourth-order valence-corrected chi connectivity index (χ4v) is 2.82. The van der Waals surface area contributed by atoms with Crippen LogP contribution in [0, 0.1) is 6.92 Å². The van der Waals surface area contributed by atoms with Crippen LogP contribution in [0.3, 0.4) is 0 Å². The molecule has 2 heterocycles. The molecule has 3 nitrogen and oxygen atoms in total. The van der Waals surface area contributed by atoms with Crippen molar-refractivity contribution in [2.75, 3.05) is 18.5 Å². The second kappa shape index (κ2) is 4.55. The molecule has 2 aromatic rings. The van der Waals surface area contributed by atoms with Crippen molar-refractivity contribution in [2.45, 2.75) is 20.3 Å². The summed E-state index contributed by atoms with van der Waals surface area (Å²) >= 11 is 7.59. The number of hydrogen-bond acceptors (Lipinski definition) is 4. The molecule has 0 radical (unpaired) electrons. The zero-order valence-electron chi connectivity index (χ0n) is 9.62. The van der Waals surface area contributed by atoms with E-state index in [2.05, 4.69) is 34.8 Å². The summed E-state index contributed by atoms with van der Waals surface area (Å²) in [5.41, 5.74) is 0. The summed E-state index contributed by atoms with van der Waals surface area (Å²) in [4.78, 5) is 12.9. The van der Waals surface area contributed by atoms with E-state index in [0.29, 0.717) is 5.28 Å². The molecule has 0 aliphatic heterocycles. The highest BCUT2D eigenvalue weighted by molar-refractivity contribution is 7.18. The monoisotopic (exact) mass is 255 g/mol. The van der Waals surface area contributed by atoms with Gasteiger partial charge in [-0.1, -0.05) is 6.92 Å². The largest absolute Gasteiger partial charge is 0.359 e. The molecular weight excluding hydrogens is 242 g/mol. The fraction of sp³-hybridized carbons (Fsp3) is 0.455. The van der Waals surface area contributed by atoms with Crippen LogP contribution in [-0.4, -0.2) is 23.6 Å². The minimum Gasteiger partial charge on any atom is -0.359 e. The van der Waals surface area contributed by atoms with E-state index in [4.69, 9.17) is 11.6 Å². The molecule has 0 amide bonds. The van der Waals surface area contributed by atoms with E-state index < -0.39 is 0 Å². The van der Waals surface area contributed by atoms with E-state index in [1.54, 1.807) is 11.3 Å². The smallest absolute Gasteiger partial charge is 0.225 e. The molecule has 2 rings (SSSR count). The van der Waals surface area contributed by atoms with Crippen LogP contribution in [0.5, 0.6) is 0 Å². The van der Waals surface area contributed by atoms with Crippen molar-refractivity contribution in [3.63, 3.8) is 0 Å². The number of thiophene rings is 1. The summed E-state index contributed by atoms with van der Waals surface area (Å²) in [7, 11) is 2.04.